The van der Waals surface area contributed by atoms with Gasteiger partial charge in [0.05, 0.1) is 6.10 Å². The van der Waals surface area contributed by atoms with E-state index in [4.69, 9.17) is 0 Å². The Bertz CT molecular complexity index is 151. The smallest absolute Gasteiger partial charge is 0.0593 e. The molecular formula is C12H26O. The van der Waals surface area contributed by atoms with Gasteiger partial charge in [0.1, 0.15) is 0 Å². The van der Waals surface area contributed by atoms with Crippen LogP contribution in [0.3, 0.4) is 0 Å². The highest BCUT2D eigenvalue weighted by molar-refractivity contribution is 4.81. The molecule has 0 bridgehead atoms. The van der Waals surface area contributed by atoms with Crippen molar-refractivity contribution in [3.63, 3.8) is 0 Å². The van der Waals surface area contributed by atoms with Gasteiger partial charge >= 0.3 is 0 Å². The summed E-state index contributed by atoms with van der Waals surface area (Å²) in [6.45, 7) is 15.2. The zero-order valence-corrected chi connectivity index (χ0v) is 10.3. The van der Waals surface area contributed by atoms with E-state index in [1.165, 1.54) is 0 Å². The van der Waals surface area contributed by atoms with E-state index in [9.17, 15) is 5.11 Å². The molecule has 0 aliphatic rings. The highest BCUT2D eigenvalue weighted by Gasteiger charge is 2.31. The molecule has 1 unspecified atom stereocenters. The maximum Gasteiger partial charge on any atom is 0.0593 e. The average Bonchev–Trinajstić information content (AvgIpc) is 1.83. The lowest BCUT2D eigenvalue weighted by Crippen LogP contribution is -2.33. The number of hydrogen-bond acceptors (Lipinski definition) is 1. The molecule has 0 saturated heterocycles. The highest BCUT2D eigenvalue weighted by atomic mass is 16.3. The Hall–Kier alpha value is -0.0400. The van der Waals surface area contributed by atoms with E-state index in [2.05, 4.69) is 48.5 Å². The molecule has 0 radical (unpaired) electrons. The van der Waals surface area contributed by atoms with Crippen LogP contribution in [0.2, 0.25) is 0 Å². The van der Waals surface area contributed by atoms with E-state index in [1.54, 1.807) is 0 Å². The van der Waals surface area contributed by atoms with Gasteiger partial charge in [-0.15, -0.1) is 0 Å². The van der Waals surface area contributed by atoms with Gasteiger partial charge in [0.2, 0.25) is 0 Å². The fraction of sp³-hybridized carbons (Fsp3) is 1.00. The molecular weight excluding hydrogens is 160 g/mol. The maximum atomic E-state index is 9.97. The molecule has 80 valence electrons. The lowest BCUT2D eigenvalue weighted by Gasteiger charge is -2.36. The monoisotopic (exact) mass is 186 g/mol. The number of hydrogen-bond donors (Lipinski definition) is 1. The standard InChI is InChI=1S/C12H26O/c1-9(2)12(6,7)8-10(13)11(3,4)5/h9-10,13H,8H2,1-7H3. The van der Waals surface area contributed by atoms with E-state index in [1.807, 2.05) is 0 Å². The fourth-order valence-electron chi connectivity index (χ4n) is 1.04. The van der Waals surface area contributed by atoms with Gasteiger partial charge in [-0.3, -0.25) is 0 Å². The molecule has 0 spiro atoms. The second kappa shape index (κ2) is 4.00. The summed E-state index contributed by atoms with van der Waals surface area (Å²) in [5.41, 5.74) is 0.235. The van der Waals surface area contributed by atoms with Crippen molar-refractivity contribution in [2.24, 2.45) is 16.7 Å². The minimum absolute atomic E-state index is 0.00611. The summed E-state index contributed by atoms with van der Waals surface area (Å²) in [5.74, 6) is 0.615. The third-order valence-electron chi connectivity index (χ3n) is 3.28. The van der Waals surface area contributed by atoms with Crippen LogP contribution in [-0.2, 0) is 0 Å². The first kappa shape index (κ1) is 13.0. The van der Waals surface area contributed by atoms with Crippen LogP contribution in [0.15, 0.2) is 0 Å². The Kier molecular flexibility index (Phi) is 3.98. The van der Waals surface area contributed by atoms with Crippen molar-refractivity contribution in [2.75, 3.05) is 0 Å². The van der Waals surface area contributed by atoms with E-state index < -0.39 is 0 Å². The summed E-state index contributed by atoms with van der Waals surface area (Å²) >= 11 is 0. The molecule has 0 fully saturated rings. The van der Waals surface area contributed by atoms with Crippen molar-refractivity contribution < 1.29 is 5.11 Å². The Morgan fingerprint density at radius 3 is 1.62 bits per heavy atom. The molecule has 0 rings (SSSR count). The molecule has 1 N–H and O–H groups in total. The van der Waals surface area contributed by atoms with Crippen LogP contribution in [0, 0.1) is 16.7 Å². The summed E-state index contributed by atoms with van der Waals surface area (Å²) in [5, 5.41) is 9.97. The molecule has 0 aromatic rings. The summed E-state index contributed by atoms with van der Waals surface area (Å²) in [6, 6.07) is 0. The first-order valence-electron chi connectivity index (χ1n) is 5.25. The molecule has 0 amide bonds. The van der Waals surface area contributed by atoms with Crippen LogP contribution >= 0.6 is 0 Å². The third kappa shape index (κ3) is 4.12. The summed E-state index contributed by atoms with van der Waals surface area (Å²) in [7, 11) is 0. The Morgan fingerprint density at radius 1 is 1.00 bits per heavy atom. The zero-order valence-electron chi connectivity index (χ0n) is 10.3. The van der Waals surface area contributed by atoms with Gasteiger partial charge < -0.3 is 5.11 Å². The van der Waals surface area contributed by atoms with Crippen LogP contribution in [-0.4, -0.2) is 11.2 Å². The molecule has 0 aromatic carbocycles. The summed E-state index contributed by atoms with van der Waals surface area (Å²) in [6.07, 6.45) is 0.679. The van der Waals surface area contributed by atoms with Crippen LogP contribution in [0.4, 0.5) is 0 Å². The van der Waals surface area contributed by atoms with E-state index >= 15 is 0 Å². The number of aliphatic hydroxyl groups excluding tert-OH is 1. The van der Waals surface area contributed by atoms with Gasteiger partial charge in [0.15, 0.2) is 0 Å². The predicted molar refractivity (Wildman–Crippen MR) is 58.7 cm³/mol. The van der Waals surface area contributed by atoms with Crippen molar-refractivity contribution in [3.8, 4) is 0 Å². The van der Waals surface area contributed by atoms with Gasteiger partial charge in [-0.1, -0.05) is 48.5 Å². The van der Waals surface area contributed by atoms with Gasteiger partial charge in [-0.25, -0.2) is 0 Å². The van der Waals surface area contributed by atoms with Crippen molar-refractivity contribution in [2.45, 2.75) is 61.0 Å². The molecule has 0 aliphatic heterocycles. The molecule has 13 heavy (non-hydrogen) atoms. The first-order valence-corrected chi connectivity index (χ1v) is 5.25. The lowest BCUT2D eigenvalue weighted by atomic mass is 9.72. The normalized spacial score (nSPS) is 16.4. The number of rotatable bonds is 3. The summed E-state index contributed by atoms with van der Waals surface area (Å²) < 4.78 is 0. The first-order chi connectivity index (χ1) is 5.57. The largest absolute Gasteiger partial charge is 0.393 e. The molecule has 0 saturated carbocycles. The maximum absolute atomic E-state index is 9.97. The second-order valence-electron chi connectivity index (χ2n) is 6.23. The van der Waals surface area contributed by atoms with Crippen molar-refractivity contribution in [3.05, 3.63) is 0 Å². The van der Waals surface area contributed by atoms with Crippen LogP contribution < -0.4 is 0 Å². The molecule has 1 heteroatoms. The third-order valence-corrected chi connectivity index (χ3v) is 3.28. The Labute approximate surface area is 83.5 Å². The van der Waals surface area contributed by atoms with Crippen LogP contribution in [0.25, 0.3) is 0 Å². The van der Waals surface area contributed by atoms with Gasteiger partial charge in [0.25, 0.3) is 0 Å². The van der Waals surface area contributed by atoms with E-state index in [0.29, 0.717) is 5.92 Å². The summed E-state index contributed by atoms with van der Waals surface area (Å²) in [4.78, 5) is 0. The lowest BCUT2D eigenvalue weighted by molar-refractivity contribution is 0.0120. The Morgan fingerprint density at radius 2 is 1.38 bits per heavy atom. The highest BCUT2D eigenvalue weighted by Crippen LogP contribution is 2.36. The molecule has 0 aliphatic carbocycles. The van der Waals surface area contributed by atoms with Crippen LogP contribution in [0.1, 0.15) is 54.9 Å². The van der Waals surface area contributed by atoms with Crippen molar-refractivity contribution >= 4 is 0 Å². The average molecular weight is 186 g/mol. The minimum atomic E-state index is -0.204. The van der Waals surface area contributed by atoms with E-state index in [0.717, 1.165) is 6.42 Å². The van der Waals surface area contributed by atoms with Gasteiger partial charge in [-0.2, -0.15) is 0 Å². The van der Waals surface area contributed by atoms with Gasteiger partial charge in [0, 0.05) is 0 Å². The Balaban J connectivity index is 4.28. The molecule has 0 aromatic heterocycles. The van der Waals surface area contributed by atoms with Crippen molar-refractivity contribution in [1.29, 1.82) is 0 Å². The van der Waals surface area contributed by atoms with E-state index in [-0.39, 0.29) is 16.9 Å². The zero-order chi connectivity index (χ0) is 10.9. The topological polar surface area (TPSA) is 20.2 Å². The predicted octanol–water partition coefficient (Wildman–Crippen LogP) is 3.47. The molecule has 1 atom stereocenters. The van der Waals surface area contributed by atoms with Gasteiger partial charge in [-0.05, 0) is 23.2 Å². The minimum Gasteiger partial charge on any atom is -0.393 e. The SMILES string of the molecule is CC(C)C(C)(C)CC(O)C(C)(C)C. The van der Waals surface area contributed by atoms with Crippen molar-refractivity contribution in [1.82, 2.24) is 0 Å². The van der Waals surface area contributed by atoms with Crippen LogP contribution in [0.5, 0.6) is 0 Å². The quantitative estimate of drug-likeness (QED) is 0.715. The molecule has 1 nitrogen and oxygen atoms in total. The molecule has 0 heterocycles. The second-order valence-corrected chi connectivity index (χ2v) is 6.23. The number of aliphatic hydroxyl groups is 1. The fourth-order valence-corrected chi connectivity index (χ4v) is 1.04.